The fourth-order valence-corrected chi connectivity index (χ4v) is 1.86. The maximum absolute atomic E-state index is 4.67. The van der Waals surface area contributed by atoms with Gasteiger partial charge in [0.15, 0.2) is 0 Å². The lowest BCUT2D eigenvalue weighted by molar-refractivity contribution is 0.368. The summed E-state index contributed by atoms with van der Waals surface area (Å²) in [5, 5.41) is 9.34. The van der Waals surface area contributed by atoms with Crippen LogP contribution in [0, 0.1) is 0 Å². The Hall–Kier alpha value is -0.920. The molecule has 1 rings (SSSR count). The Morgan fingerprint density at radius 1 is 0.778 bits per heavy atom. The number of allylic oxidation sites excluding steroid dienone is 2. The van der Waals surface area contributed by atoms with E-state index >= 15 is 0 Å². The molecule has 1 aliphatic heterocycles. The second kappa shape index (κ2) is 6.86. The van der Waals surface area contributed by atoms with E-state index in [1.807, 2.05) is 0 Å². The van der Waals surface area contributed by atoms with Crippen molar-refractivity contribution in [2.75, 3.05) is 0 Å². The fourth-order valence-electron chi connectivity index (χ4n) is 1.86. The molecule has 0 fully saturated rings. The molecule has 2 heteroatoms. The predicted molar refractivity (Wildman–Crippen MR) is 79.0 cm³/mol. The second-order valence-corrected chi connectivity index (χ2v) is 5.83. The second-order valence-electron chi connectivity index (χ2n) is 5.83. The van der Waals surface area contributed by atoms with E-state index in [1.165, 1.54) is 0 Å². The molecule has 0 aromatic rings. The van der Waals surface area contributed by atoms with Gasteiger partial charge < -0.3 is 0 Å². The van der Waals surface area contributed by atoms with Crippen LogP contribution in [0.15, 0.2) is 34.5 Å². The molecule has 0 aliphatic carbocycles. The molecule has 2 nitrogen and oxygen atoms in total. The van der Waals surface area contributed by atoms with Gasteiger partial charge in [0, 0.05) is 0 Å². The molecule has 2 atom stereocenters. The van der Waals surface area contributed by atoms with Gasteiger partial charge in [-0.3, -0.25) is 0 Å². The van der Waals surface area contributed by atoms with Crippen LogP contribution in [-0.4, -0.2) is 11.1 Å². The largest absolute Gasteiger partial charge is 0.187 e. The number of hydrogen-bond donors (Lipinski definition) is 0. The third kappa shape index (κ3) is 4.75. The van der Waals surface area contributed by atoms with Crippen LogP contribution in [0.2, 0.25) is 0 Å². The number of rotatable bonds is 2. The van der Waals surface area contributed by atoms with Crippen LogP contribution in [0.4, 0.5) is 0 Å². The molecule has 2 unspecified atom stereocenters. The van der Waals surface area contributed by atoms with E-state index in [4.69, 9.17) is 0 Å². The Bertz CT molecular complexity index is 298. The average Bonchev–Trinajstić information content (AvgIpc) is 2.38. The molecule has 0 radical (unpaired) electrons. The Morgan fingerprint density at radius 2 is 1.17 bits per heavy atom. The molecule has 0 aromatic carbocycles. The van der Waals surface area contributed by atoms with Gasteiger partial charge in [0.1, 0.15) is 0 Å². The zero-order valence-electron chi connectivity index (χ0n) is 12.4. The van der Waals surface area contributed by atoms with E-state index in [2.05, 4.69) is 62.2 Å². The van der Waals surface area contributed by atoms with E-state index in [9.17, 15) is 0 Å². The van der Waals surface area contributed by atoms with E-state index < -0.39 is 0 Å². The molecule has 102 valence electrons. The summed E-state index contributed by atoms with van der Waals surface area (Å²) in [4.78, 5) is 0. The topological polar surface area (TPSA) is 24.7 Å². The van der Waals surface area contributed by atoms with Crippen LogP contribution < -0.4 is 0 Å². The Kier molecular flexibility index (Phi) is 5.77. The van der Waals surface area contributed by atoms with Crippen LogP contribution >= 0.6 is 0 Å². The summed E-state index contributed by atoms with van der Waals surface area (Å²) >= 11 is 0. The lowest BCUT2D eigenvalue weighted by atomic mass is 9.93. The minimum Gasteiger partial charge on any atom is -0.187 e. The third-order valence-corrected chi connectivity index (χ3v) is 4.00. The van der Waals surface area contributed by atoms with Gasteiger partial charge in [0.05, 0.1) is 11.1 Å². The molecular formula is C16H28N2. The lowest BCUT2D eigenvalue weighted by Gasteiger charge is -2.26. The van der Waals surface area contributed by atoms with Gasteiger partial charge in [-0.2, -0.15) is 10.2 Å². The van der Waals surface area contributed by atoms with Gasteiger partial charge in [-0.1, -0.05) is 38.2 Å². The molecule has 1 heterocycles. The minimum absolute atomic E-state index is 0.0319. The van der Waals surface area contributed by atoms with E-state index in [0.717, 1.165) is 38.5 Å². The van der Waals surface area contributed by atoms with E-state index in [-0.39, 0.29) is 11.1 Å². The highest BCUT2D eigenvalue weighted by molar-refractivity contribution is 4.98. The SMILES string of the molecule is CCC1(C)C/C=C/CC/C=C/CC(C)(CC)/N=N/1. The average molecular weight is 248 g/mol. The molecule has 1 aliphatic rings. The molecule has 0 aromatic heterocycles. The zero-order valence-corrected chi connectivity index (χ0v) is 12.4. The Morgan fingerprint density at radius 3 is 1.50 bits per heavy atom. The van der Waals surface area contributed by atoms with Gasteiger partial charge in [0.25, 0.3) is 0 Å². The summed E-state index contributed by atoms with van der Waals surface area (Å²) < 4.78 is 0. The van der Waals surface area contributed by atoms with E-state index in [0.29, 0.717) is 0 Å². The van der Waals surface area contributed by atoms with Crippen LogP contribution in [0.3, 0.4) is 0 Å². The smallest absolute Gasteiger partial charge is 0.0819 e. The molecule has 18 heavy (non-hydrogen) atoms. The van der Waals surface area contributed by atoms with Crippen LogP contribution in [0.1, 0.15) is 66.2 Å². The highest BCUT2D eigenvalue weighted by Crippen LogP contribution is 2.27. The van der Waals surface area contributed by atoms with Crippen molar-refractivity contribution < 1.29 is 0 Å². The molecular weight excluding hydrogens is 220 g/mol. The van der Waals surface area contributed by atoms with Crippen molar-refractivity contribution >= 4 is 0 Å². The molecule has 0 saturated heterocycles. The van der Waals surface area contributed by atoms with Gasteiger partial charge in [-0.05, 0) is 52.4 Å². The molecule has 0 spiro atoms. The Balaban J connectivity index is 2.92. The van der Waals surface area contributed by atoms with Crippen molar-refractivity contribution in [2.45, 2.75) is 77.3 Å². The van der Waals surface area contributed by atoms with Gasteiger partial charge >= 0.3 is 0 Å². The quantitative estimate of drug-likeness (QED) is 0.579. The summed E-state index contributed by atoms with van der Waals surface area (Å²) in [5.74, 6) is 0. The minimum atomic E-state index is -0.0319. The van der Waals surface area contributed by atoms with E-state index in [1.54, 1.807) is 0 Å². The van der Waals surface area contributed by atoms with Crippen LogP contribution in [0.25, 0.3) is 0 Å². The number of nitrogens with zero attached hydrogens (tertiary/aromatic N) is 2. The van der Waals surface area contributed by atoms with Crippen molar-refractivity contribution in [3.05, 3.63) is 24.3 Å². The van der Waals surface area contributed by atoms with Gasteiger partial charge in [0.2, 0.25) is 0 Å². The first-order valence-electron chi connectivity index (χ1n) is 7.28. The van der Waals surface area contributed by atoms with Crippen LogP contribution in [-0.2, 0) is 0 Å². The molecule has 0 N–H and O–H groups in total. The first-order valence-corrected chi connectivity index (χ1v) is 7.28. The molecule has 0 bridgehead atoms. The number of hydrogen-bond acceptors (Lipinski definition) is 2. The molecule has 0 amide bonds. The fraction of sp³-hybridized carbons (Fsp3) is 0.750. The molecule has 0 saturated carbocycles. The first-order chi connectivity index (χ1) is 8.54. The van der Waals surface area contributed by atoms with Crippen LogP contribution in [0.5, 0.6) is 0 Å². The monoisotopic (exact) mass is 248 g/mol. The van der Waals surface area contributed by atoms with Gasteiger partial charge in [-0.25, -0.2) is 0 Å². The summed E-state index contributed by atoms with van der Waals surface area (Å²) in [7, 11) is 0. The highest BCUT2D eigenvalue weighted by atomic mass is 15.2. The number of azo groups is 1. The standard InChI is InChI=1S/C16H28N2/c1-5-15(3)13-11-9-7-8-10-12-14-16(4,6-2)18-17-15/h9-12H,5-8,13-14H2,1-4H3/b11-9+,12-10+,18-17+. The lowest BCUT2D eigenvalue weighted by Crippen LogP contribution is -2.24. The van der Waals surface area contributed by atoms with Crippen molar-refractivity contribution in [2.24, 2.45) is 10.2 Å². The van der Waals surface area contributed by atoms with Crippen molar-refractivity contribution in [1.82, 2.24) is 0 Å². The predicted octanol–water partition coefficient (Wildman–Crippen LogP) is 5.46. The van der Waals surface area contributed by atoms with Crippen molar-refractivity contribution in [1.29, 1.82) is 0 Å². The maximum Gasteiger partial charge on any atom is 0.0819 e. The van der Waals surface area contributed by atoms with Crippen molar-refractivity contribution in [3.63, 3.8) is 0 Å². The summed E-state index contributed by atoms with van der Waals surface area (Å²) in [5.41, 5.74) is -0.0638. The first kappa shape index (κ1) is 15.1. The summed E-state index contributed by atoms with van der Waals surface area (Å²) in [6.07, 6.45) is 15.4. The summed E-state index contributed by atoms with van der Waals surface area (Å²) in [6.45, 7) is 8.81. The third-order valence-electron chi connectivity index (χ3n) is 4.00. The zero-order chi connectivity index (χ0) is 13.5. The normalized spacial score (nSPS) is 39.3. The Labute approximate surface area is 112 Å². The highest BCUT2D eigenvalue weighted by Gasteiger charge is 2.24. The summed E-state index contributed by atoms with van der Waals surface area (Å²) in [6, 6.07) is 0. The van der Waals surface area contributed by atoms with Crippen molar-refractivity contribution in [3.8, 4) is 0 Å². The van der Waals surface area contributed by atoms with Gasteiger partial charge in [-0.15, -0.1) is 0 Å². The maximum atomic E-state index is 4.67.